The van der Waals surface area contributed by atoms with E-state index in [4.69, 9.17) is 9.47 Å². The number of benzene rings is 1. The molecule has 2 saturated heterocycles. The Morgan fingerprint density at radius 3 is 2.93 bits per heavy atom. The molecule has 2 aliphatic rings. The average molecular weight is 414 g/mol. The summed E-state index contributed by atoms with van der Waals surface area (Å²) in [5, 5.41) is 7.61. The maximum Gasteiger partial charge on any atom is 0.161 e. The van der Waals surface area contributed by atoms with Gasteiger partial charge in [0, 0.05) is 32.4 Å². The molecule has 1 unspecified atom stereocenters. The van der Waals surface area contributed by atoms with Gasteiger partial charge >= 0.3 is 0 Å². The highest BCUT2D eigenvalue weighted by Gasteiger charge is 2.23. The largest absolute Gasteiger partial charge is 0.380 e. The number of hydrogen-bond donors (Lipinski definition) is 1. The monoisotopic (exact) mass is 414 g/mol. The van der Waals surface area contributed by atoms with E-state index < -0.39 is 0 Å². The van der Waals surface area contributed by atoms with Crippen LogP contribution in [0.2, 0.25) is 0 Å². The van der Waals surface area contributed by atoms with Gasteiger partial charge in [0.25, 0.3) is 0 Å². The van der Waals surface area contributed by atoms with E-state index in [-0.39, 0.29) is 17.7 Å². The van der Waals surface area contributed by atoms with E-state index in [9.17, 15) is 9.30 Å². The van der Waals surface area contributed by atoms with Crippen molar-refractivity contribution in [1.82, 2.24) is 19.7 Å². The minimum absolute atomic E-state index is 0.175. The molecule has 1 N–H and O–H groups in total. The molecule has 0 amide bonds. The van der Waals surface area contributed by atoms with Crippen molar-refractivity contribution in [3.8, 4) is 11.5 Å². The molecule has 4 heterocycles. The molecule has 30 heavy (non-hydrogen) atoms. The second-order valence-corrected chi connectivity index (χ2v) is 7.61. The maximum absolute atomic E-state index is 14.8. The zero-order valence-corrected chi connectivity index (χ0v) is 16.5. The molecule has 3 aromatic rings. The summed E-state index contributed by atoms with van der Waals surface area (Å²) in [6, 6.07) is 3.16. The van der Waals surface area contributed by atoms with Gasteiger partial charge in [0.2, 0.25) is 0 Å². The highest BCUT2D eigenvalue weighted by molar-refractivity contribution is 5.84. The summed E-state index contributed by atoms with van der Waals surface area (Å²) in [5.74, 6) is 0.0437. The van der Waals surface area contributed by atoms with Crippen molar-refractivity contribution in [2.24, 2.45) is 5.18 Å². The molecule has 0 aliphatic carbocycles. The van der Waals surface area contributed by atoms with E-state index in [0.29, 0.717) is 54.6 Å². The number of nitrogens with one attached hydrogen (secondary N) is 1. The molecular formula is C20H23FN6O3. The maximum atomic E-state index is 14.8. The number of imidazole rings is 1. The third-order valence-corrected chi connectivity index (χ3v) is 5.60. The number of halogens is 1. The Hall–Kier alpha value is -2.85. The van der Waals surface area contributed by atoms with Crippen molar-refractivity contribution >= 4 is 22.4 Å². The lowest BCUT2D eigenvalue weighted by Crippen LogP contribution is -2.26. The number of rotatable bonds is 4. The summed E-state index contributed by atoms with van der Waals surface area (Å²) < 4.78 is 27.6. The van der Waals surface area contributed by atoms with Gasteiger partial charge in [-0.25, -0.2) is 14.1 Å². The van der Waals surface area contributed by atoms with Crippen LogP contribution in [0.3, 0.4) is 0 Å². The lowest BCUT2D eigenvalue weighted by Gasteiger charge is -2.22. The summed E-state index contributed by atoms with van der Waals surface area (Å²) in [4.78, 5) is 21.0. The van der Waals surface area contributed by atoms with Gasteiger partial charge in [-0.05, 0) is 36.9 Å². The number of fused-ring (bicyclic) bond motifs is 1. The van der Waals surface area contributed by atoms with Gasteiger partial charge in [-0.2, -0.15) is 5.10 Å². The molecule has 0 spiro atoms. The molecule has 9 nitrogen and oxygen atoms in total. The molecule has 2 aromatic heterocycles. The standard InChI is InChI=1S/C20H23FN6O3/c21-13-10-14-15(11-17(13)26-5-3-7-29-9-6-26)23-20(22-14)19-16(25-28)12-27(24-19)18-4-1-2-8-30-18/h10-12,18H,1-9H2,(H,22,23). The van der Waals surface area contributed by atoms with Crippen LogP contribution >= 0.6 is 0 Å². The summed E-state index contributed by atoms with van der Waals surface area (Å²) in [5.41, 5.74) is 2.16. The second-order valence-electron chi connectivity index (χ2n) is 7.61. The van der Waals surface area contributed by atoms with Crippen molar-refractivity contribution in [2.75, 3.05) is 37.8 Å². The minimum Gasteiger partial charge on any atom is -0.380 e. The van der Waals surface area contributed by atoms with Crippen LogP contribution in [0.1, 0.15) is 31.9 Å². The highest BCUT2D eigenvalue weighted by Crippen LogP contribution is 2.33. The topological polar surface area (TPSA) is 97.6 Å². The van der Waals surface area contributed by atoms with E-state index in [1.807, 2.05) is 4.90 Å². The Kier molecular flexibility index (Phi) is 5.17. The molecule has 0 saturated carbocycles. The van der Waals surface area contributed by atoms with Crippen LogP contribution in [0, 0.1) is 10.7 Å². The molecule has 1 aromatic carbocycles. The molecule has 0 radical (unpaired) electrons. The van der Waals surface area contributed by atoms with Gasteiger partial charge in [-0.3, -0.25) is 0 Å². The van der Waals surface area contributed by atoms with E-state index in [1.165, 1.54) is 6.07 Å². The summed E-state index contributed by atoms with van der Waals surface area (Å²) in [6.07, 6.45) is 5.09. The Morgan fingerprint density at radius 2 is 2.10 bits per heavy atom. The Bertz CT molecular complexity index is 1050. The molecular weight excluding hydrogens is 391 g/mol. The third kappa shape index (κ3) is 3.56. The van der Waals surface area contributed by atoms with Gasteiger partial charge in [0.15, 0.2) is 17.2 Å². The number of ether oxygens (including phenoxy) is 2. The van der Waals surface area contributed by atoms with Crippen LogP contribution < -0.4 is 4.90 Å². The first-order valence-corrected chi connectivity index (χ1v) is 10.3. The first-order chi connectivity index (χ1) is 14.7. The van der Waals surface area contributed by atoms with Crippen LogP contribution in [0.15, 0.2) is 23.5 Å². The van der Waals surface area contributed by atoms with Crippen molar-refractivity contribution in [1.29, 1.82) is 0 Å². The van der Waals surface area contributed by atoms with E-state index >= 15 is 0 Å². The van der Waals surface area contributed by atoms with Gasteiger partial charge < -0.3 is 19.4 Å². The number of anilines is 1. The smallest absolute Gasteiger partial charge is 0.161 e. The Labute approximate surface area is 172 Å². The third-order valence-electron chi connectivity index (χ3n) is 5.60. The van der Waals surface area contributed by atoms with Crippen molar-refractivity contribution in [3.63, 3.8) is 0 Å². The van der Waals surface area contributed by atoms with E-state index in [2.05, 4.69) is 20.2 Å². The fourth-order valence-electron chi connectivity index (χ4n) is 4.06. The zero-order chi connectivity index (χ0) is 20.5. The lowest BCUT2D eigenvalue weighted by atomic mass is 10.2. The fraction of sp³-hybridized carbons (Fsp3) is 0.500. The van der Waals surface area contributed by atoms with Gasteiger partial charge in [-0.1, -0.05) is 0 Å². The van der Waals surface area contributed by atoms with Gasteiger partial charge in [0.05, 0.1) is 29.5 Å². The van der Waals surface area contributed by atoms with Gasteiger partial charge in [0.1, 0.15) is 12.0 Å². The lowest BCUT2D eigenvalue weighted by molar-refractivity contribution is -0.0393. The average Bonchev–Trinajstić information content (AvgIpc) is 3.28. The molecule has 10 heteroatoms. The van der Waals surface area contributed by atoms with Crippen LogP contribution in [-0.2, 0) is 9.47 Å². The predicted molar refractivity (Wildman–Crippen MR) is 109 cm³/mol. The number of aromatic nitrogens is 4. The summed E-state index contributed by atoms with van der Waals surface area (Å²) >= 11 is 0. The molecule has 1 atom stereocenters. The predicted octanol–water partition coefficient (Wildman–Crippen LogP) is 3.89. The van der Waals surface area contributed by atoms with Crippen LogP contribution in [0.5, 0.6) is 0 Å². The van der Waals surface area contributed by atoms with Gasteiger partial charge in [-0.15, -0.1) is 4.91 Å². The van der Waals surface area contributed by atoms with Crippen molar-refractivity contribution in [3.05, 3.63) is 29.1 Å². The zero-order valence-electron chi connectivity index (χ0n) is 16.5. The van der Waals surface area contributed by atoms with Crippen LogP contribution in [-0.4, -0.2) is 52.7 Å². The number of nitrogens with zero attached hydrogens (tertiary/aromatic N) is 5. The highest BCUT2D eigenvalue weighted by atomic mass is 19.1. The van der Waals surface area contributed by atoms with E-state index in [0.717, 1.165) is 32.2 Å². The summed E-state index contributed by atoms with van der Waals surface area (Å²) in [6.45, 7) is 3.28. The number of nitroso groups, excluding NO2 is 1. The number of aromatic amines is 1. The first-order valence-electron chi connectivity index (χ1n) is 10.3. The van der Waals surface area contributed by atoms with Crippen molar-refractivity contribution < 1.29 is 13.9 Å². The quantitative estimate of drug-likeness (QED) is 0.651. The molecule has 2 aliphatic heterocycles. The Balaban J connectivity index is 1.50. The first kappa shape index (κ1) is 19.1. The molecule has 2 fully saturated rings. The fourth-order valence-corrected chi connectivity index (χ4v) is 4.06. The van der Waals surface area contributed by atoms with Crippen LogP contribution in [0.25, 0.3) is 22.6 Å². The van der Waals surface area contributed by atoms with Crippen molar-refractivity contribution in [2.45, 2.75) is 31.9 Å². The second kappa shape index (κ2) is 8.11. The molecule has 5 rings (SSSR count). The Morgan fingerprint density at radius 1 is 1.17 bits per heavy atom. The number of hydrogen-bond acceptors (Lipinski definition) is 7. The van der Waals surface area contributed by atoms with E-state index in [1.54, 1.807) is 16.9 Å². The molecule has 158 valence electrons. The van der Waals surface area contributed by atoms with Crippen LogP contribution in [0.4, 0.5) is 15.8 Å². The molecule has 0 bridgehead atoms. The number of H-pyrrole nitrogens is 1. The SMILES string of the molecule is O=Nc1cn(C2CCCCO2)nc1-c1nc2cc(F)c(N3CCCOCC3)cc2[nH]1. The minimum atomic E-state index is -0.336. The normalized spacial score (nSPS) is 20.4. The summed E-state index contributed by atoms with van der Waals surface area (Å²) in [7, 11) is 0.